The van der Waals surface area contributed by atoms with Crippen molar-refractivity contribution in [2.75, 3.05) is 13.2 Å². The summed E-state index contributed by atoms with van der Waals surface area (Å²) in [5.74, 6) is -0.00604. The van der Waals surface area contributed by atoms with Gasteiger partial charge in [-0.3, -0.25) is 9.59 Å². The van der Waals surface area contributed by atoms with Crippen LogP contribution in [0, 0.1) is 0 Å². The van der Waals surface area contributed by atoms with E-state index in [0.717, 1.165) is 38.5 Å². The summed E-state index contributed by atoms with van der Waals surface area (Å²) in [6.45, 7) is 5.01. The molecular formula is C86H167NO5. The highest BCUT2D eigenvalue weighted by molar-refractivity contribution is 5.76. The van der Waals surface area contributed by atoms with Crippen LogP contribution >= 0.6 is 0 Å². The molecular weight excluding hydrogens is 1130 g/mol. The van der Waals surface area contributed by atoms with Crippen LogP contribution in [0.3, 0.4) is 0 Å². The fraction of sp³-hybridized carbons (Fsp3) is 0.930. The van der Waals surface area contributed by atoms with Crippen LogP contribution in [0.2, 0.25) is 0 Å². The smallest absolute Gasteiger partial charge is 0.305 e. The Kier molecular flexibility index (Phi) is 80.3. The summed E-state index contributed by atoms with van der Waals surface area (Å²) in [4.78, 5) is 24.7. The van der Waals surface area contributed by atoms with E-state index in [1.807, 2.05) is 0 Å². The molecule has 0 saturated carbocycles. The van der Waals surface area contributed by atoms with Gasteiger partial charge in [0.25, 0.3) is 0 Å². The van der Waals surface area contributed by atoms with Gasteiger partial charge in [-0.2, -0.15) is 0 Å². The van der Waals surface area contributed by atoms with Crippen LogP contribution in [-0.4, -0.2) is 47.4 Å². The number of rotatable bonds is 81. The monoisotopic (exact) mass is 1290 g/mol. The molecule has 0 fully saturated rings. The molecule has 0 aromatic heterocycles. The number of allylic oxidation sites excluding steroid dienone is 4. The van der Waals surface area contributed by atoms with Crippen molar-refractivity contribution in [2.24, 2.45) is 0 Å². The molecule has 1 amide bonds. The van der Waals surface area contributed by atoms with Gasteiger partial charge in [-0.1, -0.05) is 423 Å². The standard InChI is InChI=1S/C86H167NO5/c1-3-5-7-9-11-13-15-17-19-21-22-40-43-47-50-54-58-62-66-70-74-78-84(89)83(82-88)87-85(90)79-75-71-67-63-59-55-51-48-44-41-38-36-34-32-30-28-26-24-23-25-27-29-31-33-35-37-39-42-45-49-53-57-61-65-69-73-77-81-92-86(91)80-76-72-68-64-60-56-52-46-20-18-16-14-12-10-8-6-4-2/h18,20,23,25,83-84,88-89H,3-17,19,21-22,24,26-82H2,1-2H3,(H,87,90)/b20-18-,25-23-. The normalized spacial score (nSPS) is 12.5. The fourth-order valence-electron chi connectivity index (χ4n) is 13.8. The number of hydrogen-bond acceptors (Lipinski definition) is 5. The quantitative estimate of drug-likeness (QED) is 0.0320. The van der Waals surface area contributed by atoms with Gasteiger partial charge in [0.1, 0.15) is 0 Å². The zero-order valence-electron chi connectivity index (χ0n) is 62.8. The summed E-state index contributed by atoms with van der Waals surface area (Å²) in [5.41, 5.74) is 0. The second-order valence-corrected chi connectivity index (χ2v) is 29.5. The Morgan fingerprint density at radius 3 is 0.772 bits per heavy atom. The largest absolute Gasteiger partial charge is 0.466 e. The minimum atomic E-state index is -0.662. The minimum Gasteiger partial charge on any atom is -0.466 e. The fourth-order valence-corrected chi connectivity index (χ4v) is 13.8. The molecule has 0 radical (unpaired) electrons. The molecule has 2 atom stereocenters. The molecule has 0 aliphatic heterocycles. The summed E-state index contributed by atoms with van der Waals surface area (Å²) < 4.78 is 5.51. The zero-order valence-corrected chi connectivity index (χ0v) is 62.8. The van der Waals surface area contributed by atoms with Gasteiger partial charge in [0.05, 0.1) is 25.4 Å². The molecule has 546 valence electrons. The first kappa shape index (κ1) is 90.3. The van der Waals surface area contributed by atoms with Crippen molar-refractivity contribution < 1.29 is 24.5 Å². The molecule has 0 rings (SSSR count). The second-order valence-electron chi connectivity index (χ2n) is 29.5. The van der Waals surface area contributed by atoms with Crippen LogP contribution in [0.4, 0.5) is 0 Å². The van der Waals surface area contributed by atoms with Crippen LogP contribution in [0.5, 0.6) is 0 Å². The van der Waals surface area contributed by atoms with Crippen LogP contribution in [0.25, 0.3) is 0 Å². The predicted molar refractivity (Wildman–Crippen MR) is 407 cm³/mol. The van der Waals surface area contributed by atoms with Gasteiger partial charge >= 0.3 is 5.97 Å². The molecule has 0 aliphatic rings. The molecule has 6 nitrogen and oxygen atoms in total. The molecule has 0 bridgehead atoms. The van der Waals surface area contributed by atoms with Crippen molar-refractivity contribution >= 4 is 11.9 Å². The molecule has 92 heavy (non-hydrogen) atoms. The Hall–Kier alpha value is -1.66. The Morgan fingerprint density at radius 1 is 0.293 bits per heavy atom. The molecule has 2 unspecified atom stereocenters. The lowest BCUT2D eigenvalue weighted by molar-refractivity contribution is -0.143. The Morgan fingerprint density at radius 2 is 0.511 bits per heavy atom. The average molecular weight is 1300 g/mol. The number of aliphatic hydroxyl groups excluding tert-OH is 2. The van der Waals surface area contributed by atoms with Gasteiger partial charge in [-0.15, -0.1) is 0 Å². The van der Waals surface area contributed by atoms with Gasteiger partial charge in [-0.05, 0) is 77.0 Å². The summed E-state index contributed by atoms with van der Waals surface area (Å²) >= 11 is 0. The van der Waals surface area contributed by atoms with Gasteiger partial charge in [-0.25, -0.2) is 0 Å². The first-order valence-electron chi connectivity index (χ1n) is 42.6. The highest BCUT2D eigenvalue weighted by atomic mass is 16.5. The van der Waals surface area contributed by atoms with Crippen molar-refractivity contribution in [2.45, 2.75) is 501 Å². The molecule has 6 heteroatoms. The van der Waals surface area contributed by atoms with Crippen molar-refractivity contribution in [1.29, 1.82) is 0 Å². The Labute approximate surface area is 577 Å². The number of amides is 1. The first-order chi connectivity index (χ1) is 45.5. The van der Waals surface area contributed by atoms with Gasteiger partial charge in [0, 0.05) is 12.8 Å². The van der Waals surface area contributed by atoms with E-state index in [4.69, 9.17) is 4.74 Å². The number of aliphatic hydroxyl groups is 2. The SMILES string of the molecule is CCCCCCCC/C=C\CCCCCCCCCC(=O)OCCCCCCCCCCCCCCCCCC/C=C\CCCCCCCCCCCCCCCCCCCC(=O)NC(CO)C(O)CCCCCCCCCCCCCCCCCCCCCCC. The van der Waals surface area contributed by atoms with Gasteiger partial charge < -0.3 is 20.3 Å². The van der Waals surface area contributed by atoms with Crippen LogP contribution < -0.4 is 5.32 Å². The highest BCUT2D eigenvalue weighted by Gasteiger charge is 2.20. The van der Waals surface area contributed by atoms with E-state index >= 15 is 0 Å². The van der Waals surface area contributed by atoms with E-state index in [0.29, 0.717) is 25.9 Å². The van der Waals surface area contributed by atoms with Crippen molar-refractivity contribution in [3.05, 3.63) is 24.3 Å². The Bertz CT molecular complexity index is 1450. The van der Waals surface area contributed by atoms with E-state index in [-0.39, 0.29) is 18.5 Å². The van der Waals surface area contributed by atoms with Crippen LogP contribution in [0.1, 0.15) is 489 Å². The van der Waals surface area contributed by atoms with Gasteiger partial charge in [0.2, 0.25) is 5.91 Å². The summed E-state index contributed by atoms with van der Waals surface area (Å²) in [6.07, 6.45) is 106. The third-order valence-electron chi connectivity index (χ3n) is 20.2. The molecule has 0 aromatic carbocycles. The minimum absolute atomic E-state index is 0.0193. The summed E-state index contributed by atoms with van der Waals surface area (Å²) in [6, 6.07) is -0.539. The van der Waals surface area contributed by atoms with E-state index in [1.165, 1.54) is 417 Å². The average Bonchev–Trinajstić information content (AvgIpc) is 3.62. The lowest BCUT2D eigenvalue weighted by atomic mass is 10.0. The number of ether oxygens (including phenoxy) is 1. The van der Waals surface area contributed by atoms with Crippen molar-refractivity contribution in [3.63, 3.8) is 0 Å². The second kappa shape index (κ2) is 81.8. The molecule has 0 spiro atoms. The predicted octanol–water partition coefficient (Wildman–Crippen LogP) is 28.4. The lowest BCUT2D eigenvalue weighted by Gasteiger charge is -2.22. The number of carbonyl (C=O) groups excluding carboxylic acids is 2. The maximum absolute atomic E-state index is 12.6. The first-order valence-corrected chi connectivity index (χ1v) is 42.6. The third kappa shape index (κ3) is 77.3. The Balaban J connectivity index is 3.33. The lowest BCUT2D eigenvalue weighted by Crippen LogP contribution is -2.45. The van der Waals surface area contributed by atoms with Gasteiger partial charge in [0.15, 0.2) is 0 Å². The highest BCUT2D eigenvalue weighted by Crippen LogP contribution is 2.21. The zero-order chi connectivity index (χ0) is 66.3. The molecule has 3 N–H and O–H groups in total. The third-order valence-corrected chi connectivity index (χ3v) is 20.2. The molecule has 0 saturated heterocycles. The number of nitrogens with one attached hydrogen (secondary N) is 1. The maximum Gasteiger partial charge on any atom is 0.305 e. The number of carbonyl (C=O) groups is 2. The summed E-state index contributed by atoms with van der Waals surface area (Å²) in [5, 5.41) is 23.5. The van der Waals surface area contributed by atoms with Crippen molar-refractivity contribution in [3.8, 4) is 0 Å². The molecule has 0 aromatic rings. The molecule has 0 aliphatic carbocycles. The van der Waals surface area contributed by atoms with Crippen LogP contribution in [-0.2, 0) is 14.3 Å². The van der Waals surface area contributed by atoms with E-state index in [1.54, 1.807) is 0 Å². The topological polar surface area (TPSA) is 95.9 Å². The maximum atomic E-state index is 12.6. The number of unbranched alkanes of at least 4 members (excludes halogenated alkanes) is 66. The van der Waals surface area contributed by atoms with E-state index < -0.39 is 12.1 Å². The number of esters is 1. The van der Waals surface area contributed by atoms with E-state index in [9.17, 15) is 19.8 Å². The van der Waals surface area contributed by atoms with Crippen molar-refractivity contribution in [1.82, 2.24) is 5.32 Å². The summed E-state index contributed by atoms with van der Waals surface area (Å²) in [7, 11) is 0. The van der Waals surface area contributed by atoms with Crippen LogP contribution in [0.15, 0.2) is 24.3 Å². The molecule has 0 heterocycles. The number of hydrogen-bond donors (Lipinski definition) is 3. The van der Waals surface area contributed by atoms with E-state index in [2.05, 4.69) is 43.5 Å².